The highest BCUT2D eigenvalue weighted by Crippen LogP contribution is 2.27. The number of sulfonamides is 1. The molecule has 22 heavy (non-hydrogen) atoms. The first-order valence-electron chi connectivity index (χ1n) is 6.31. The predicted octanol–water partition coefficient (Wildman–Crippen LogP) is 2.37. The first-order chi connectivity index (χ1) is 10.6. The van der Waals surface area contributed by atoms with Gasteiger partial charge in [-0.25, -0.2) is 8.42 Å². The summed E-state index contributed by atoms with van der Waals surface area (Å²) in [5, 5.41) is 7.43. The molecule has 0 saturated carbocycles. The van der Waals surface area contributed by atoms with E-state index < -0.39 is 10.0 Å². The fourth-order valence-electron chi connectivity index (χ4n) is 2.26. The predicted molar refractivity (Wildman–Crippen MR) is 84.3 cm³/mol. The molecule has 0 aliphatic heterocycles. The summed E-state index contributed by atoms with van der Waals surface area (Å²) in [5.41, 5.74) is 2.16. The summed E-state index contributed by atoms with van der Waals surface area (Å²) in [6.07, 6.45) is 1.58. The second-order valence-electron chi connectivity index (χ2n) is 4.63. The molecule has 2 aromatic carbocycles. The summed E-state index contributed by atoms with van der Waals surface area (Å²) in [4.78, 5) is 0.110. The molecule has 0 saturated heterocycles. The molecule has 2 aromatic heterocycles. The summed E-state index contributed by atoms with van der Waals surface area (Å²) >= 11 is 0.986. The van der Waals surface area contributed by atoms with E-state index >= 15 is 0 Å². The van der Waals surface area contributed by atoms with E-state index in [1.54, 1.807) is 30.5 Å². The topological polar surface area (TPSA) is 101 Å². The maximum absolute atomic E-state index is 12.7. The molecule has 2 N–H and O–H groups in total. The third-order valence-corrected chi connectivity index (χ3v) is 5.21. The van der Waals surface area contributed by atoms with Crippen molar-refractivity contribution in [2.24, 2.45) is 0 Å². The number of fused-ring (bicyclic) bond motifs is 2. The molecule has 0 unspecified atom stereocenters. The number of nitrogens with zero attached hydrogens (tertiary/aromatic N) is 3. The molecular weight excluding hydrogens is 322 g/mol. The number of hydrogen-bond acceptors (Lipinski definition) is 6. The van der Waals surface area contributed by atoms with Crippen LogP contribution in [-0.4, -0.2) is 27.4 Å². The van der Waals surface area contributed by atoms with Crippen LogP contribution in [0.25, 0.3) is 21.9 Å². The van der Waals surface area contributed by atoms with Gasteiger partial charge in [0, 0.05) is 5.39 Å². The van der Waals surface area contributed by atoms with Gasteiger partial charge in [0.1, 0.15) is 15.9 Å². The molecule has 0 amide bonds. The molecule has 9 heteroatoms. The van der Waals surface area contributed by atoms with Crippen LogP contribution in [0.15, 0.2) is 47.5 Å². The van der Waals surface area contributed by atoms with Gasteiger partial charge in [0.25, 0.3) is 10.0 Å². The Bertz CT molecular complexity index is 1080. The molecule has 0 radical (unpaired) electrons. The number of aromatic amines is 1. The molecule has 0 bridgehead atoms. The van der Waals surface area contributed by atoms with Crippen molar-refractivity contribution in [3.63, 3.8) is 0 Å². The standard InChI is InChI=1S/C13H9N5O2S2/c19-22(20,12-6-2-5-11-13(12)17-21-16-11)18-10-4-1-3-9-8(10)7-14-15-9/h1-7,18H,(H,14,15). The lowest BCUT2D eigenvalue weighted by molar-refractivity contribution is 0.602. The lowest BCUT2D eigenvalue weighted by Crippen LogP contribution is -2.13. The van der Waals surface area contributed by atoms with E-state index in [-0.39, 0.29) is 4.90 Å². The van der Waals surface area contributed by atoms with Crippen molar-refractivity contribution in [3.8, 4) is 0 Å². The average molecular weight is 331 g/mol. The summed E-state index contributed by atoms with van der Waals surface area (Å²) in [7, 11) is -3.77. The second kappa shape index (κ2) is 4.75. The fraction of sp³-hybridized carbons (Fsp3) is 0. The minimum atomic E-state index is -3.77. The molecule has 0 aliphatic rings. The maximum atomic E-state index is 12.7. The van der Waals surface area contributed by atoms with Gasteiger partial charge in [-0.15, -0.1) is 0 Å². The van der Waals surface area contributed by atoms with E-state index in [4.69, 9.17) is 0 Å². The molecule has 0 atom stereocenters. The van der Waals surface area contributed by atoms with Crippen molar-refractivity contribution in [2.75, 3.05) is 4.72 Å². The van der Waals surface area contributed by atoms with Crippen molar-refractivity contribution < 1.29 is 8.42 Å². The van der Waals surface area contributed by atoms with Crippen molar-refractivity contribution in [1.29, 1.82) is 0 Å². The lowest BCUT2D eigenvalue weighted by atomic mass is 10.2. The Morgan fingerprint density at radius 3 is 2.86 bits per heavy atom. The number of rotatable bonds is 3. The van der Waals surface area contributed by atoms with Gasteiger partial charge in [-0.05, 0) is 24.3 Å². The molecule has 4 aromatic rings. The van der Waals surface area contributed by atoms with Crippen LogP contribution in [-0.2, 0) is 10.0 Å². The van der Waals surface area contributed by atoms with Crippen molar-refractivity contribution in [2.45, 2.75) is 4.90 Å². The Hall–Kier alpha value is -2.52. The summed E-state index contributed by atoms with van der Waals surface area (Å²) in [6.45, 7) is 0. The fourth-order valence-corrected chi connectivity index (χ4v) is 4.10. The molecule has 0 aliphatic carbocycles. The summed E-state index contributed by atoms with van der Waals surface area (Å²) < 4.78 is 36.1. The zero-order valence-corrected chi connectivity index (χ0v) is 12.6. The van der Waals surface area contributed by atoms with Gasteiger partial charge in [0.05, 0.1) is 29.1 Å². The Morgan fingerprint density at radius 1 is 1.09 bits per heavy atom. The Labute approximate surface area is 129 Å². The van der Waals surface area contributed by atoms with Crippen molar-refractivity contribution in [1.82, 2.24) is 18.9 Å². The molecule has 7 nitrogen and oxygen atoms in total. The van der Waals surface area contributed by atoms with Crippen LogP contribution in [0.2, 0.25) is 0 Å². The number of nitrogens with one attached hydrogen (secondary N) is 2. The van der Waals surface area contributed by atoms with Gasteiger partial charge in [-0.2, -0.15) is 13.8 Å². The smallest absolute Gasteiger partial charge is 0.264 e. The zero-order valence-electron chi connectivity index (χ0n) is 11.0. The van der Waals surface area contributed by atoms with Gasteiger partial charge in [0.2, 0.25) is 0 Å². The Balaban J connectivity index is 1.85. The number of anilines is 1. The number of hydrogen-bond donors (Lipinski definition) is 2. The highest BCUT2D eigenvalue weighted by molar-refractivity contribution is 7.93. The zero-order chi connectivity index (χ0) is 15.2. The van der Waals surface area contributed by atoms with Crippen molar-refractivity contribution in [3.05, 3.63) is 42.6 Å². The minimum Gasteiger partial charge on any atom is -0.279 e. The van der Waals surface area contributed by atoms with Gasteiger partial charge in [0.15, 0.2) is 0 Å². The van der Waals surface area contributed by atoms with Crippen LogP contribution < -0.4 is 4.72 Å². The summed E-state index contributed by atoms with van der Waals surface area (Å²) in [6, 6.07) is 10.2. The van der Waals surface area contributed by atoms with Crippen LogP contribution in [0, 0.1) is 0 Å². The van der Waals surface area contributed by atoms with E-state index in [0.29, 0.717) is 22.1 Å². The quantitative estimate of drug-likeness (QED) is 0.600. The highest BCUT2D eigenvalue weighted by Gasteiger charge is 2.20. The molecule has 0 fully saturated rings. The van der Waals surface area contributed by atoms with Gasteiger partial charge in [-0.1, -0.05) is 12.1 Å². The van der Waals surface area contributed by atoms with Gasteiger partial charge < -0.3 is 0 Å². The van der Waals surface area contributed by atoms with E-state index in [9.17, 15) is 8.42 Å². The van der Waals surface area contributed by atoms with Crippen LogP contribution in [0.3, 0.4) is 0 Å². The van der Waals surface area contributed by atoms with E-state index in [1.165, 1.54) is 6.07 Å². The molecule has 0 spiro atoms. The number of aromatic nitrogens is 4. The maximum Gasteiger partial charge on any atom is 0.264 e. The Kier molecular flexibility index (Phi) is 2.84. The second-order valence-corrected chi connectivity index (χ2v) is 6.81. The molecule has 4 rings (SSSR count). The normalized spacial score (nSPS) is 12.0. The monoisotopic (exact) mass is 331 g/mol. The van der Waals surface area contributed by atoms with Gasteiger partial charge in [-0.3, -0.25) is 9.82 Å². The van der Waals surface area contributed by atoms with E-state index in [0.717, 1.165) is 17.2 Å². The van der Waals surface area contributed by atoms with E-state index in [1.807, 2.05) is 6.07 Å². The molecule has 2 heterocycles. The SMILES string of the molecule is O=S(=O)(Nc1cccc2[nH]ncc12)c1cccc2nsnc12. The first kappa shape index (κ1) is 13.2. The van der Waals surface area contributed by atoms with Crippen LogP contribution in [0.5, 0.6) is 0 Å². The largest absolute Gasteiger partial charge is 0.279 e. The highest BCUT2D eigenvalue weighted by atomic mass is 32.2. The van der Waals surface area contributed by atoms with E-state index in [2.05, 4.69) is 23.7 Å². The van der Waals surface area contributed by atoms with Crippen LogP contribution in [0.4, 0.5) is 5.69 Å². The lowest BCUT2D eigenvalue weighted by Gasteiger charge is -2.09. The average Bonchev–Trinajstić information content (AvgIpc) is 3.15. The Morgan fingerprint density at radius 2 is 1.95 bits per heavy atom. The first-order valence-corrected chi connectivity index (χ1v) is 8.53. The molecule has 110 valence electrons. The third-order valence-electron chi connectivity index (χ3n) is 3.27. The van der Waals surface area contributed by atoms with Crippen molar-refractivity contribution >= 4 is 49.4 Å². The number of H-pyrrole nitrogens is 1. The summed E-state index contributed by atoms with van der Waals surface area (Å²) in [5.74, 6) is 0. The van der Waals surface area contributed by atoms with Crippen LogP contribution >= 0.6 is 11.7 Å². The minimum absolute atomic E-state index is 0.110. The van der Waals surface area contributed by atoms with Gasteiger partial charge >= 0.3 is 0 Å². The third kappa shape index (κ3) is 2.02. The number of benzene rings is 2. The van der Waals surface area contributed by atoms with Crippen LogP contribution in [0.1, 0.15) is 0 Å². The molecular formula is C13H9N5O2S2.